The van der Waals surface area contributed by atoms with Crippen molar-refractivity contribution in [2.24, 2.45) is 5.41 Å². The van der Waals surface area contributed by atoms with Gasteiger partial charge in [-0.2, -0.15) is 0 Å². The first kappa shape index (κ1) is 12.4. The van der Waals surface area contributed by atoms with Crippen LogP contribution in [-0.4, -0.2) is 26.3 Å². The Labute approximate surface area is 80.4 Å². The number of esters is 1. The lowest BCUT2D eigenvalue weighted by molar-refractivity contribution is -0.158. The van der Waals surface area contributed by atoms with Gasteiger partial charge in [0.05, 0.1) is 18.6 Å². The predicted molar refractivity (Wildman–Crippen MR) is 51.5 cm³/mol. The second-order valence-electron chi connectivity index (χ2n) is 3.46. The van der Waals surface area contributed by atoms with Gasteiger partial charge < -0.3 is 9.47 Å². The van der Waals surface area contributed by atoms with Crippen LogP contribution in [0.2, 0.25) is 0 Å². The molecule has 0 heterocycles. The SMILES string of the molecule is CCCC(C)(COC)C(=O)OCC. The standard InChI is InChI=1S/C10H20O3/c1-5-7-10(3,8-12-4)9(11)13-6-2/h5-8H2,1-4H3. The van der Waals surface area contributed by atoms with Gasteiger partial charge in [-0.15, -0.1) is 0 Å². The first-order valence-electron chi connectivity index (χ1n) is 4.77. The van der Waals surface area contributed by atoms with Crippen LogP contribution in [0.15, 0.2) is 0 Å². The Morgan fingerprint density at radius 3 is 2.38 bits per heavy atom. The van der Waals surface area contributed by atoms with E-state index >= 15 is 0 Å². The summed E-state index contributed by atoms with van der Waals surface area (Å²) in [4.78, 5) is 11.5. The van der Waals surface area contributed by atoms with E-state index in [9.17, 15) is 4.79 Å². The van der Waals surface area contributed by atoms with Gasteiger partial charge in [-0.1, -0.05) is 13.3 Å². The van der Waals surface area contributed by atoms with E-state index in [-0.39, 0.29) is 5.97 Å². The van der Waals surface area contributed by atoms with Gasteiger partial charge in [-0.05, 0) is 20.3 Å². The fourth-order valence-electron chi connectivity index (χ4n) is 1.41. The molecule has 0 fully saturated rings. The summed E-state index contributed by atoms with van der Waals surface area (Å²) < 4.78 is 10.0. The fraction of sp³-hybridized carbons (Fsp3) is 0.900. The molecule has 0 aromatic heterocycles. The van der Waals surface area contributed by atoms with Crippen LogP contribution >= 0.6 is 0 Å². The Kier molecular flexibility index (Phi) is 5.71. The van der Waals surface area contributed by atoms with Crippen molar-refractivity contribution in [3.8, 4) is 0 Å². The highest BCUT2D eigenvalue weighted by molar-refractivity contribution is 5.76. The highest BCUT2D eigenvalue weighted by atomic mass is 16.5. The highest BCUT2D eigenvalue weighted by Gasteiger charge is 2.33. The Hall–Kier alpha value is -0.570. The summed E-state index contributed by atoms with van der Waals surface area (Å²) in [5.74, 6) is -0.154. The summed E-state index contributed by atoms with van der Waals surface area (Å²) in [7, 11) is 1.60. The molecule has 0 aliphatic carbocycles. The van der Waals surface area contributed by atoms with Crippen LogP contribution in [0, 0.1) is 5.41 Å². The Morgan fingerprint density at radius 2 is 2.00 bits per heavy atom. The molecule has 13 heavy (non-hydrogen) atoms. The van der Waals surface area contributed by atoms with Crippen LogP contribution in [0.5, 0.6) is 0 Å². The number of hydrogen-bond donors (Lipinski definition) is 0. The van der Waals surface area contributed by atoms with Gasteiger partial charge in [-0.3, -0.25) is 4.79 Å². The zero-order chi connectivity index (χ0) is 10.3. The smallest absolute Gasteiger partial charge is 0.314 e. The van der Waals surface area contributed by atoms with Crippen molar-refractivity contribution in [2.75, 3.05) is 20.3 Å². The van der Waals surface area contributed by atoms with Crippen molar-refractivity contribution in [1.29, 1.82) is 0 Å². The first-order valence-corrected chi connectivity index (χ1v) is 4.77. The van der Waals surface area contributed by atoms with Gasteiger partial charge in [0, 0.05) is 7.11 Å². The summed E-state index contributed by atoms with van der Waals surface area (Å²) in [6.07, 6.45) is 1.76. The summed E-state index contributed by atoms with van der Waals surface area (Å²) >= 11 is 0. The van der Waals surface area contributed by atoms with E-state index in [0.717, 1.165) is 12.8 Å². The number of ether oxygens (including phenoxy) is 2. The van der Waals surface area contributed by atoms with Gasteiger partial charge in [-0.25, -0.2) is 0 Å². The zero-order valence-electron chi connectivity index (χ0n) is 9.05. The number of hydrogen-bond acceptors (Lipinski definition) is 3. The molecule has 0 N–H and O–H groups in total. The molecule has 1 unspecified atom stereocenters. The van der Waals surface area contributed by atoms with Crippen molar-refractivity contribution >= 4 is 5.97 Å². The Bertz CT molecular complexity index is 148. The minimum atomic E-state index is -0.473. The average Bonchev–Trinajstić information content (AvgIpc) is 2.05. The highest BCUT2D eigenvalue weighted by Crippen LogP contribution is 2.25. The van der Waals surface area contributed by atoms with Crippen molar-refractivity contribution in [1.82, 2.24) is 0 Å². The van der Waals surface area contributed by atoms with E-state index in [2.05, 4.69) is 0 Å². The van der Waals surface area contributed by atoms with E-state index in [1.165, 1.54) is 0 Å². The monoisotopic (exact) mass is 188 g/mol. The number of carbonyl (C=O) groups excluding carboxylic acids is 1. The first-order chi connectivity index (χ1) is 6.10. The van der Waals surface area contributed by atoms with E-state index in [1.807, 2.05) is 20.8 Å². The minimum Gasteiger partial charge on any atom is -0.466 e. The van der Waals surface area contributed by atoms with Gasteiger partial charge in [0.1, 0.15) is 0 Å². The van der Waals surface area contributed by atoms with Crippen molar-refractivity contribution in [2.45, 2.75) is 33.6 Å². The summed E-state index contributed by atoms with van der Waals surface area (Å²) in [5, 5.41) is 0. The molecule has 0 spiro atoms. The molecule has 0 saturated carbocycles. The second kappa shape index (κ2) is 5.97. The zero-order valence-corrected chi connectivity index (χ0v) is 9.05. The molecule has 0 saturated heterocycles. The normalized spacial score (nSPS) is 15.1. The molecule has 0 radical (unpaired) electrons. The maximum absolute atomic E-state index is 11.5. The topological polar surface area (TPSA) is 35.5 Å². The molecule has 0 aliphatic heterocycles. The number of rotatable bonds is 6. The molecule has 78 valence electrons. The van der Waals surface area contributed by atoms with Crippen molar-refractivity contribution < 1.29 is 14.3 Å². The third kappa shape index (κ3) is 3.77. The third-order valence-electron chi connectivity index (χ3n) is 2.03. The second-order valence-corrected chi connectivity index (χ2v) is 3.46. The molecule has 3 heteroatoms. The molecule has 0 aromatic carbocycles. The van der Waals surface area contributed by atoms with Gasteiger partial charge in [0.25, 0.3) is 0 Å². The third-order valence-corrected chi connectivity index (χ3v) is 2.03. The molecule has 0 aliphatic rings. The largest absolute Gasteiger partial charge is 0.466 e. The molecule has 0 aromatic rings. The molecule has 3 nitrogen and oxygen atoms in total. The Balaban J connectivity index is 4.27. The van der Waals surface area contributed by atoms with Crippen LogP contribution < -0.4 is 0 Å². The van der Waals surface area contributed by atoms with Crippen LogP contribution in [0.3, 0.4) is 0 Å². The number of carbonyl (C=O) groups is 1. The van der Waals surface area contributed by atoms with Crippen molar-refractivity contribution in [3.63, 3.8) is 0 Å². The van der Waals surface area contributed by atoms with E-state index < -0.39 is 5.41 Å². The van der Waals surface area contributed by atoms with Gasteiger partial charge in [0.15, 0.2) is 0 Å². The Morgan fingerprint density at radius 1 is 1.38 bits per heavy atom. The lowest BCUT2D eigenvalue weighted by Gasteiger charge is -2.25. The van der Waals surface area contributed by atoms with Crippen molar-refractivity contribution in [3.05, 3.63) is 0 Å². The van der Waals surface area contributed by atoms with E-state index in [1.54, 1.807) is 7.11 Å². The van der Waals surface area contributed by atoms with Crippen LogP contribution in [0.25, 0.3) is 0 Å². The van der Waals surface area contributed by atoms with Crippen LogP contribution in [0.4, 0.5) is 0 Å². The maximum Gasteiger partial charge on any atom is 0.314 e. The molecule has 0 amide bonds. The predicted octanol–water partition coefficient (Wildman–Crippen LogP) is 2.00. The average molecular weight is 188 g/mol. The fourth-order valence-corrected chi connectivity index (χ4v) is 1.41. The summed E-state index contributed by atoms with van der Waals surface area (Å²) in [6.45, 7) is 6.61. The maximum atomic E-state index is 11.5. The minimum absolute atomic E-state index is 0.154. The van der Waals surface area contributed by atoms with Gasteiger partial charge in [0.2, 0.25) is 0 Å². The van der Waals surface area contributed by atoms with Crippen LogP contribution in [0.1, 0.15) is 33.6 Å². The quantitative estimate of drug-likeness (QED) is 0.598. The molecular formula is C10H20O3. The number of methoxy groups -OCH3 is 1. The lowest BCUT2D eigenvalue weighted by atomic mass is 9.87. The molecule has 0 rings (SSSR count). The summed E-state index contributed by atoms with van der Waals surface area (Å²) in [6, 6.07) is 0. The van der Waals surface area contributed by atoms with E-state index in [4.69, 9.17) is 9.47 Å². The molecule has 1 atom stereocenters. The summed E-state index contributed by atoms with van der Waals surface area (Å²) in [5.41, 5.74) is -0.473. The lowest BCUT2D eigenvalue weighted by Crippen LogP contribution is -2.34. The van der Waals surface area contributed by atoms with Gasteiger partial charge >= 0.3 is 5.97 Å². The van der Waals surface area contributed by atoms with Crippen LogP contribution in [-0.2, 0) is 14.3 Å². The molecular weight excluding hydrogens is 168 g/mol. The molecule has 0 bridgehead atoms. The van der Waals surface area contributed by atoms with E-state index in [0.29, 0.717) is 13.2 Å².